The molecule has 0 spiro atoms. The highest BCUT2D eigenvalue weighted by atomic mass is 35.5. The van der Waals surface area contributed by atoms with Gasteiger partial charge in [0, 0.05) is 26.2 Å². The molecule has 7 heteroatoms. The molecule has 1 fully saturated rings. The van der Waals surface area contributed by atoms with Crippen molar-refractivity contribution in [2.24, 2.45) is 0 Å². The molecule has 2 rings (SSSR count). The average molecular weight is 345 g/mol. The van der Waals surface area contributed by atoms with Crippen LogP contribution in [0.15, 0.2) is 18.2 Å². The van der Waals surface area contributed by atoms with E-state index >= 15 is 0 Å². The van der Waals surface area contributed by atoms with Crippen molar-refractivity contribution in [3.63, 3.8) is 0 Å². The maximum Gasteiger partial charge on any atom is 0.408 e. The van der Waals surface area contributed by atoms with Crippen LogP contribution in [-0.2, 0) is 0 Å². The summed E-state index contributed by atoms with van der Waals surface area (Å²) in [6.45, 7) is 5.69. The molecule has 0 aromatic heterocycles. The van der Waals surface area contributed by atoms with Gasteiger partial charge >= 0.3 is 6.18 Å². The summed E-state index contributed by atoms with van der Waals surface area (Å²) in [5.41, 5.74) is 2.03. The van der Waals surface area contributed by atoms with Gasteiger partial charge in [0.1, 0.15) is 6.04 Å². The summed E-state index contributed by atoms with van der Waals surface area (Å²) in [6, 6.07) is 3.67. The van der Waals surface area contributed by atoms with Crippen molar-refractivity contribution in [1.82, 2.24) is 10.2 Å². The zero-order chi connectivity index (χ0) is 14.0. The van der Waals surface area contributed by atoms with Gasteiger partial charge in [-0.2, -0.15) is 13.2 Å². The number of alkyl halides is 3. The van der Waals surface area contributed by atoms with E-state index in [9.17, 15) is 13.2 Å². The van der Waals surface area contributed by atoms with Crippen LogP contribution in [-0.4, -0.2) is 37.3 Å². The van der Waals surface area contributed by atoms with Crippen molar-refractivity contribution in [3.05, 3.63) is 34.9 Å². The molecule has 1 aromatic carbocycles. The van der Waals surface area contributed by atoms with E-state index in [0.717, 1.165) is 11.1 Å². The number of hydrogen-bond donors (Lipinski definition) is 1. The van der Waals surface area contributed by atoms with Gasteiger partial charge in [-0.25, -0.2) is 0 Å². The molecular formula is C14H21Cl2F3N2. The van der Waals surface area contributed by atoms with Crippen molar-refractivity contribution < 1.29 is 13.2 Å². The van der Waals surface area contributed by atoms with E-state index < -0.39 is 12.2 Å². The monoisotopic (exact) mass is 344 g/mol. The van der Waals surface area contributed by atoms with Crippen LogP contribution in [0.2, 0.25) is 0 Å². The maximum absolute atomic E-state index is 13.4. The van der Waals surface area contributed by atoms with Gasteiger partial charge in [0.15, 0.2) is 0 Å². The molecule has 1 N–H and O–H groups in total. The van der Waals surface area contributed by atoms with Crippen molar-refractivity contribution in [2.45, 2.75) is 26.1 Å². The minimum atomic E-state index is -4.24. The second-order valence-corrected chi connectivity index (χ2v) is 5.02. The third-order valence-electron chi connectivity index (χ3n) is 3.77. The summed E-state index contributed by atoms with van der Waals surface area (Å²) < 4.78 is 40.3. The maximum atomic E-state index is 13.4. The molecule has 0 amide bonds. The minimum absolute atomic E-state index is 0. The second kappa shape index (κ2) is 8.22. The fourth-order valence-electron chi connectivity index (χ4n) is 2.59. The Morgan fingerprint density at radius 2 is 1.67 bits per heavy atom. The first kappa shape index (κ1) is 20.5. The molecular weight excluding hydrogens is 324 g/mol. The number of rotatable bonds is 2. The number of nitrogens with zero attached hydrogens (tertiary/aromatic N) is 1. The van der Waals surface area contributed by atoms with E-state index in [0.29, 0.717) is 31.7 Å². The molecule has 0 radical (unpaired) electrons. The molecule has 1 aromatic rings. The van der Waals surface area contributed by atoms with E-state index in [1.54, 1.807) is 19.1 Å². The molecule has 1 saturated heterocycles. The molecule has 0 saturated carbocycles. The Labute approximate surface area is 135 Å². The Hall–Kier alpha value is -0.490. The lowest BCUT2D eigenvalue weighted by molar-refractivity contribution is -0.188. The number of halogens is 5. The van der Waals surface area contributed by atoms with Crippen LogP contribution < -0.4 is 5.32 Å². The van der Waals surface area contributed by atoms with Crippen molar-refractivity contribution in [1.29, 1.82) is 0 Å². The second-order valence-electron chi connectivity index (χ2n) is 5.02. The SMILES string of the molecule is Cc1cccc([C@@H](N2CCNCC2)C(F)(F)F)c1C.Cl.Cl. The largest absolute Gasteiger partial charge is 0.408 e. The fraction of sp³-hybridized carbons (Fsp3) is 0.571. The predicted octanol–water partition coefficient (Wildman–Crippen LogP) is 3.66. The molecule has 0 unspecified atom stereocenters. The lowest BCUT2D eigenvalue weighted by Crippen LogP contribution is -2.49. The zero-order valence-electron chi connectivity index (χ0n) is 12.0. The van der Waals surface area contributed by atoms with Crippen LogP contribution in [0.1, 0.15) is 22.7 Å². The number of aryl methyl sites for hydroxylation is 1. The first-order valence-corrected chi connectivity index (χ1v) is 6.49. The highest BCUT2D eigenvalue weighted by Crippen LogP contribution is 2.39. The van der Waals surface area contributed by atoms with E-state index in [-0.39, 0.29) is 24.8 Å². The molecule has 1 atom stereocenters. The lowest BCUT2D eigenvalue weighted by atomic mass is 9.95. The van der Waals surface area contributed by atoms with Gasteiger partial charge in [-0.15, -0.1) is 24.8 Å². The smallest absolute Gasteiger partial charge is 0.314 e. The van der Waals surface area contributed by atoms with E-state index in [1.165, 1.54) is 4.90 Å². The summed E-state index contributed by atoms with van der Waals surface area (Å²) in [4.78, 5) is 1.53. The molecule has 2 nitrogen and oxygen atoms in total. The predicted molar refractivity (Wildman–Crippen MR) is 83.7 cm³/mol. The van der Waals surface area contributed by atoms with Crippen molar-refractivity contribution in [2.75, 3.05) is 26.2 Å². The topological polar surface area (TPSA) is 15.3 Å². The molecule has 0 bridgehead atoms. The molecule has 21 heavy (non-hydrogen) atoms. The zero-order valence-corrected chi connectivity index (χ0v) is 13.7. The first-order valence-electron chi connectivity index (χ1n) is 6.49. The van der Waals surface area contributed by atoms with Crippen LogP contribution in [0.25, 0.3) is 0 Å². The standard InChI is InChI=1S/C14H19F3N2.2ClH/c1-10-4-3-5-12(11(10)2)13(14(15,16)17)19-8-6-18-7-9-19;;/h3-5,13,18H,6-9H2,1-2H3;2*1H/t13-;;/m1../s1. The number of nitrogens with one attached hydrogen (secondary N) is 1. The summed E-state index contributed by atoms with van der Waals surface area (Å²) in [5.74, 6) is 0. The van der Waals surface area contributed by atoms with Gasteiger partial charge in [0.2, 0.25) is 0 Å². The summed E-state index contributed by atoms with van der Waals surface area (Å²) >= 11 is 0. The average Bonchev–Trinajstić information content (AvgIpc) is 2.35. The van der Waals surface area contributed by atoms with Gasteiger partial charge in [0.05, 0.1) is 0 Å². The van der Waals surface area contributed by atoms with Gasteiger partial charge in [-0.1, -0.05) is 18.2 Å². The van der Waals surface area contributed by atoms with E-state index in [4.69, 9.17) is 0 Å². The molecule has 0 aliphatic carbocycles. The third kappa shape index (κ3) is 4.74. The van der Waals surface area contributed by atoms with Crippen LogP contribution in [0.3, 0.4) is 0 Å². The molecule has 122 valence electrons. The summed E-state index contributed by atoms with van der Waals surface area (Å²) in [7, 11) is 0. The number of piperazine rings is 1. The van der Waals surface area contributed by atoms with Gasteiger partial charge in [-0.3, -0.25) is 4.90 Å². The quantitative estimate of drug-likeness (QED) is 0.880. The highest BCUT2D eigenvalue weighted by Gasteiger charge is 2.45. The number of benzene rings is 1. The van der Waals surface area contributed by atoms with Crippen LogP contribution in [0.5, 0.6) is 0 Å². The molecule has 1 aliphatic rings. The molecule has 1 heterocycles. The Morgan fingerprint density at radius 1 is 1.10 bits per heavy atom. The third-order valence-corrected chi connectivity index (χ3v) is 3.77. The summed E-state index contributed by atoms with van der Waals surface area (Å²) in [6.07, 6.45) is -4.24. The van der Waals surface area contributed by atoms with Gasteiger partial charge in [-0.05, 0) is 30.5 Å². The normalized spacial score (nSPS) is 17.6. The van der Waals surface area contributed by atoms with Crippen molar-refractivity contribution >= 4 is 24.8 Å². The lowest BCUT2D eigenvalue weighted by Gasteiger charge is -2.37. The van der Waals surface area contributed by atoms with Gasteiger partial charge < -0.3 is 5.32 Å². The summed E-state index contributed by atoms with van der Waals surface area (Å²) in [5, 5.41) is 3.09. The Bertz CT molecular complexity index is 446. The number of hydrogen-bond acceptors (Lipinski definition) is 2. The van der Waals surface area contributed by atoms with Crippen LogP contribution in [0.4, 0.5) is 13.2 Å². The van der Waals surface area contributed by atoms with Crippen molar-refractivity contribution in [3.8, 4) is 0 Å². The Morgan fingerprint density at radius 3 is 2.19 bits per heavy atom. The van der Waals surface area contributed by atoms with Gasteiger partial charge in [0.25, 0.3) is 0 Å². The van der Waals surface area contributed by atoms with E-state index in [1.807, 2.05) is 13.0 Å². The Kier molecular flexibility index (Phi) is 8.03. The minimum Gasteiger partial charge on any atom is -0.314 e. The van der Waals surface area contributed by atoms with E-state index in [2.05, 4.69) is 5.32 Å². The van der Waals surface area contributed by atoms with Crippen LogP contribution in [0, 0.1) is 13.8 Å². The first-order chi connectivity index (χ1) is 8.91. The molecule has 1 aliphatic heterocycles. The van der Waals surface area contributed by atoms with Crippen LogP contribution >= 0.6 is 24.8 Å². The highest BCUT2D eigenvalue weighted by molar-refractivity contribution is 5.85. The fourth-order valence-corrected chi connectivity index (χ4v) is 2.59. The Balaban J connectivity index is 0.00000200.